The van der Waals surface area contributed by atoms with Crippen molar-refractivity contribution in [2.24, 2.45) is 0 Å². The molecule has 2 aromatic rings. The summed E-state index contributed by atoms with van der Waals surface area (Å²) in [6, 6.07) is 9.58. The molecule has 1 amide bonds. The van der Waals surface area contributed by atoms with Crippen molar-refractivity contribution in [2.75, 3.05) is 41.5 Å². The molecule has 0 aliphatic rings. The van der Waals surface area contributed by atoms with E-state index in [9.17, 15) is 9.90 Å². The van der Waals surface area contributed by atoms with Gasteiger partial charge in [0.25, 0.3) is 5.91 Å². The number of aliphatic hydroxyl groups excluding tert-OH is 1. The number of hydrogen-bond donors (Lipinski definition) is 1. The summed E-state index contributed by atoms with van der Waals surface area (Å²) in [7, 11) is 6.33. The second kappa shape index (κ2) is 10.2. The molecule has 6 nitrogen and oxygen atoms in total. The Balaban J connectivity index is 2.29. The normalized spacial score (nSPS) is 11.7. The van der Waals surface area contributed by atoms with Gasteiger partial charge in [-0.2, -0.15) is 0 Å². The van der Waals surface area contributed by atoms with Crippen LogP contribution in [0.2, 0.25) is 0 Å². The van der Waals surface area contributed by atoms with Crippen LogP contribution < -0.4 is 14.2 Å². The first-order valence-corrected chi connectivity index (χ1v) is 9.59. The second-order valence-electron chi connectivity index (χ2n) is 7.15. The average Bonchev–Trinajstić information content (AvgIpc) is 2.73. The molecule has 1 unspecified atom stereocenters. The molecule has 2 rings (SSSR count). The van der Waals surface area contributed by atoms with Crippen molar-refractivity contribution in [3.05, 3.63) is 52.6 Å². The molecule has 0 spiro atoms. The van der Waals surface area contributed by atoms with Gasteiger partial charge >= 0.3 is 0 Å². The highest BCUT2D eigenvalue weighted by Crippen LogP contribution is 2.38. The second-order valence-corrected chi connectivity index (χ2v) is 7.15. The van der Waals surface area contributed by atoms with Crippen LogP contribution in [0.15, 0.2) is 30.3 Å². The van der Waals surface area contributed by atoms with Crippen molar-refractivity contribution in [1.82, 2.24) is 4.90 Å². The van der Waals surface area contributed by atoms with Crippen molar-refractivity contribution in [3.8, 4) is 17.2 Å². The zero-order valence-electron chi connectivity index (χ0n) is 18.1. The van der Waals surface area contributed by atoms with Crippen LogP contribution in [0.5, 0.6) is 17.2 Å². The number of rotatable bonds is 9. The molecule has 0 radical (unpaired) electrons. The van der Waals surface area contributed by atoms with E-state index in [-0.39, 0.29) is 18.4 Å². The standard InChI is InChI=1S/C23H31NO5/c1-15-7-8-17(11-16(15)2)18(9-10-25)14-24(3)23(26)19-12-20(27-4)22(29-6)21(13-19)28-5/h7-8,11-13,18,25H,9-10,14H2,1-6H3. The fourth-order valence-electron chi connectivity index (χ4n) is 3.38. The van der Waals surface area contributed by atoms with Crippen molar-refractivity contribution >= 4 is 5.91 Å². The van der Waals surface area contributed by atoms with Gasteiger partial charge in [-0.1, -0.05) is 18.2 Å². The smallest absolute Gasteiger partial charge is 0.253 e. The molecule has 29 heavy (non-hydrogen) atoms. The molecule has 6 heteroatoms. The first kappa shape index (κ1) is 22.6. The van der Waals surface area contributed by atoms with Crippen LogP contribution in [0.25, 0.3) is 0 Å². The summed E-state index contributed by atoms with van der Waals surface area (Å²) < 4.78 is 16.0. The third-order valence-electron chi connectivity index (χ3n) is 5.23. The maximum absolute atomic E-state index is 13.1. The van der Waals surface area contributed by atoms with Gasteiger partial charge in [0.1, 0.15) is 0 Å². The highest BCUT2D eigenvalue weighted by atomic mass is 16.5. The van der Waals surface area contributed by atoms with E-state index in [0.29, 0.717) is 35.8 Å². The Morgan fingerprint density at radius 1 is 1.00 bits per heavy atom. The van der Waals surface area contributed by atoms with Gasteiger partial charge < -0.3 is 24.2 Å². The molecular formula is C23H31NO5. The van der Waals surface area contributed by atoms with Crippen LogP contribution >= 0.6 is 0 Å². The van der Waals surface area contributed by atoms with Crippen molar-refractivity contribution < 1.29 is 24.1 Å². The summed E-state index contributed by atoms with van der Waals surface area (Å²) in [5, 5.41) is 9.53. The molecule has 0 saturated heterocycles. The molecule has 1 atom stereocenters. The summed E-state index contributed by atoms with van der Waals surface area (Å²) in [6.07, 6.45) is 0.579. The Labute approximate surface area is 173 Å². The van der Waals surface area contributed by atoms with E-state index in [4.69, 9.17) is 14.2 Å². The van der Waals surface area contributed by atoms with E-state index in [2.05, 4.69) is 32.0 Å². The van der Waals surface area contributed by atoms with Gasteiger partial charge in [0, 0.05) is 31.7 Å². The maximum Gasteiger partial charge on any atom is 0.253 e. The van der Waals surface area contributed by atoms with Crippen LogP contribution in [0.4, 0.5) is 0 Å². The van der Waals surface area contributed by atoms with E-state index in [1.165, 1.54) is 32.5 Å². The molecule has 0 fully saturated rings. The zero-order chi connectivity index (χ0) is 21.6. The zero-order valence-corrected chi connectivity index (χ0v) is 18.1. The lowest BCUT2D eigenvalue weighted by Crippen LogP contribution is -2.31. The van der Waals surface area contributed by atoms with Gasteiger partial charge in [0.15, 0.2) is 11.5 Å². The number of amides is 1. The first-order valence-electron chi connectivity index (χ1n) is 9.59. The van der Waals surface area contributed by atoms with E-state index < -0.39 is 0 Å². The fraction of sp³-hybridized carbons (Fsp3) is 0.435. The quantitative estimate of drug-likeness (QED) is 0.696. The lowest BCUT2D eigenvalue weighted by molar-refractivity contribution is 0.0780. The van der Waals surface area contributed by atoms with Crippen LogP contribution in [0.1, 0.15) is 39.4 Å². The number of methoxy groups -OCH3 is 3. The van der Waals surface area contributed by atoms with Crippen LogP contribution in [-0.2, 0) is 0 Å². The molecule has 1 N–H and O–H groups in total. The SMILES string of the molecule is COc1cc(C(=O)N(C)CC(CCO)c2ccc(C)c(C)c2)cc(OC)c1OC. The third kappa shape index (κ3) is 5.21. The number of nitrogens with zero attached hydrogens (tertiary/aromatic N) is 1. The van der Waals surface area contributed by atoms with Crippen LogP contribution in [0.3, 0.4) is 0 Å². The topological polar surface area (TPSA) is 68.2 Å². The van der Waals surface area contributed by atoms with Crippen molar-refractivity contribution in [3.63, 3.8) is 0 Å². The summed E-state index contributed by atoms with van der Waals surface area (Å²) in [4.78, 5) is 14.7. The molecule has 0 aliphatic carbocycles. The van der Waals surface area contributed by atoms with E-state index >= 15 is 0 Å². The minimum Gasteiger partial charge on any atom is -0.493 e. The Hall–Kier alpha value is -2.73. The van der Waals surface area contributed by atoms with Gasteiger partial charge in [-0.25, -0.2) is 0 Å². The molecular weight excluding hydrogens is 370 g/mol. The summed E-state index contributed by atoms with van der Waals surface area (Å²) >= 11 is 0. The summed E-state index contributed by atoms with van der Waals surface area (Å²) in [6.45, 7) is 4.68. The number of aryl methyl sites for hydroxylation is 2. The lowest BCUT2D eigenvalue weighted by Gasteiger charge is -2.25. The van der Waals surface area contributed by atoms with E-state index in [1.807, 2.05) is 0 Å². The maximum atomic E-state index is 13.1. The lowest BCUT2D eigenvalue weighted by atomic mass is 9.92. The number of likely N-dealkylation sites (N-methyl/N-ethyl adjacent to an activating group) is 1. The van der Waals surface area contributed by atoms with Gasteiger partial charge in [0.2, 0.25) is 5.75 Å². The van der Waals surface area contributed by atoms with Crippen molar-refractivity contribution in [2.45, 2.75) is 26.2 Å². The van der Waals surface area contributed by atoms with E-state index in [1.54, 1.807) is 24.1 Å². The number of aliphatic hydroxyl groups is 1. The fourth-order valence-corrected chi connectivity index (χ4v) is 3.38. The number of carbonyl (C=O) groups is 1. The molecule has 0 saturated carbocycles. The minimum absolute atomic E-state index is 0.0373. The molecule has 0 aromatic heterocycles. The molecule has 2 aromatic carbocycles. The molecule has 158 valence electrons. The Morgan fingerprint density at radius 3 is 2.10 bits per heavy atom. The van der Waals surface area contributed by atoms with Crippen LogP contribution in [0, 0.1) is 13.8 Å². The van der Waals surface area contributed by atoms with Gasteiger partial charge in [-0.3, -0.25) is 4.79 Å². The first-order chi connectivity index (χ1) is 13.9. The highest BCUT2D eigenvalue weighted by Gasteiger charge is 2.22. The van der Waals surface area contributed by atoms with Crippen LogP contribution in [-0.4, -0.2) is 57.4 Å². The largest absolute Gasteiger partial charge is 0.493 e. The number of ether oxygens (including phenoxy) is 3. The van der Waals surface area contributed by atoms with Crippen molar-refractivity contribution in [1.29, 1.82) is 0 Å². The Kier molecular flexibility index (Phi) is 7.91. The minimum atomic E-state index is -0.156. The number of carbonyl (C=O) groups excluding carboxylic acids is 1. The average molecular weight is 402 g/mol. The number of benzene rings is 2. The van der Waals surface area contributed by atoms with E-state index in [0.717, 1.165) is 5.56 Å². The third-order valence-corrected chi connectivity index (χ3v) is 5.23. The summed E-state index contributed by atoms with van der Waals surface area (Å²) in [5.41, 5.74) is 3.99. The predicted molar refractivity (Wildman–Crippen MR) is 113 cm³/mol. The monoisotopic (exact) mass is 401 g/mol. The highest BCUT2D eigenvalue weighted by molar-refractivity contribution is 5.95. The number of hydrogen-bond acceptors (Lipinski definition) is 5. The molecule has 0 bridgehead atoms. The van der Waals surface area contributed by atoms with Gasteiger partial charge in [-0.15, -0.1) is 0 Å². The predicted octanol–water partition coefficient (Wildman–Crippen LogP) is 3.57. The van der Waals surface area contributed by atoms with Gasteiger partial charge in [0.05, 0.1) is 21.3 Å². The molecule has 0 aliphatic heterocycles. The summed E-state index contributed by atoms with van der Waals surface area (Å²) in [5.74, 6) is 1.20. The Morgan fingerprint density at radius 2 is 1.62 bits per heavy atom. The van der Waals surface area contributed by atoms with Gasteiger partial charge in [-0.05, 0) is 49.1 Å². The molecule has 0 heterocycles. The Bertz CT molecular complexity index is 824.